The summed E-state index contributed by atoms with van der Waals surface area (Å²) in [7, 11) is 0. The monoisotopic (exact) mass is 251 g/mol. The Hall–Kier alpha value is -0.310. The molecule has 0 saturated carbocycles. The summed E-state index contributed by atoms with van der Waals surface area (Å²) in [5.74, 6) is -0.341. The third-order valence-corrected chi connectivity index (χ3v) is 2.40. The molecule has 0 aliphatic rings. The van der Waals surface area contributed by atoms with Crippen LogP contribution in [0.15, 0.2) is 18.2 Å². The molecule has 0 aliphatic carbocycles. The summed E-state index contributed by atoms with van der Waals surface area (Å²) in [5.41, 5.74) is 6.62. The first-order chi connectivity index (χ1) is 6.30. The molecule has 0 radical (unpaired) electrons. The molecule has 0 bridgehead atoms. The molecule has 86 valence electrons. The van der Waals surface area contributed by atoms with E-state index >= 15 is 0 Å². The zero-order valence-electron chi connectivity index (χ0n) is 9.05. The van der Waals surface area contributed by atoms with Gasteiger partial charge < -0.3 is 5.73 Å². The van der Waals surface area contributed by atoms with Crippen molar-refractivity contribution in [2.45, 2.75) is 26.8 Å². The molecule has 0 heterocycles. The number of hydrogen-bond donors (Lipinski definition) is 1. The molecule has 1 aromatic carbocycles. The maximum absolute atomic E-state index is 13.0. The molecule has 0 unspecified atom stereocenters. The zero-order chi connectivity index (χ0) is 10.9. The first kappa shape index (κ1) is 14.7. The Labute approximate surface area is 101 Å². The van der Waals surface area contributed by atoms with Crippen molar-refractivity contribution in [3.8, 4) is 0 Å². The molecular weight excluding hydrogens is 236 g/mol. The van der Waals surface area contributed by atoms with Crippen molar-refractivity contribution in [3.05, 3.63) is 34.6 Å². The fourth-order valence-electron chi connectivity index (χ4n) is 1.25. The fraction of sp³-hybridized carbons (Fsp3) is 0.455. The van der Waals surface area contributed by atoms with Crippen molar-refractivity contribution in [2.75, 3.05) is 0 Å². The van der Waals surface area contributed by atoms with Gasteiger partial charge in [-0.05, 0) is 29.2 Å². The molecular formula is C11H16Cl2FN. The number of halogens is 3. The lowest BCUT2D eigenvalue weighted by Crippen LogP contribution is -2.26. The van der Waals surface area contributed by atoms with Gasteiger partial charge in [-0.3, -0.25) is 0 Å². The topological polar surface area (TPSA) is 26.0 Å². The lowest BCUT2D eigenvalue weighted by Gasteiger charge is -2.27. The molecule has 2 N–H and O–H groups in total. The molecule has 15 heavy (non-hydrogen) atoms. The molecule has 0 fully saturated rings. The van der Waals surface area contributed by atoms with Gasteiger partial charge in [0.2, 0.25) is 0 Å². The van der Waals surface area contributed by atoms with Crippen LogP contribution in [0.3, 0.4) is 0 Å². The summed E-state index contributed by atoms with van der Waals surface area (Å²) >= 11 is 5.75. The molecule has 0 spiro atoms. The van der Waals surface area contributed by atoms with Crippen LogP contribution in [0.1, 0.15) is 32.4 Å². The van der Waals surface area contributed by atoms with Gasteiger partial charge in [0.25, 0.3) is 0 Å². The van der Waals surface area contributed by atoms with Gasteiger partial charge in [0, 0.05) is 11.1 Å². The van der Waals surface area contributed by atoms with Gasteiger partial charge in [0.05, 0.1) is 0 Å². The van der Waals surface area contributed by atoms with Gasteiger partial charge in [-0.1, -0.05) is 32.4 Å². The standard InChI is InChI=1S/C11H15ClFN.ClH/c1-11(2,3)10(14)7-4-8(12)6-9(13)5-7;/h4-6,10H,14H2,1-3H3;1H/t10-;/m1./s1. The van der Waals surface area contributed by atoms with E-state index in [1.54, 1.807) is 6.07 Å². The van der Waals surface area contributed by atoms with Crippen LogP contribution >= 0.6 is 24.0 Å². The zero-order valence-corrected chi connectivity index (χ0v) is 10.6. The normalized spacial score (nSPS) is 13.2. The predicted molar refractivity (Wildman–Crippen MR) is 65.0 cm³/mol. The van der Waals surface area contributed by atoms with E-state index in [4.69, 9.17) is 17.3 Å². The van der Waals surface area contributed by atoms with Crippen LogP contribution < -0.4 is 5.73 Å². The van der Waals surface area contributed by atoms with Crippen LogP contribution in [0, 0.1) is 11.2 Å². The van der Waals surface area contributed by atoms with Gasteiger partial charge in [0.15, 0.2) is 0 Å². The average molecular weight is 252 g/mol. The van der Waals surface area contributed by atoms with Crippen molar-refractivity contribution in [3.63, 3.8) is 0 Å². The number of nitrogens with two attached hydrogens (primary N) is 1. The minimum atomic E-state index is -0.341. The highest BCUT2D eigenvalue weighted by Crippen LogP contribution is 2.31. The lowest BCUT2D eigenvalue weighted by atomic mass is 9.83. The smallest absolute Gasteiger partial charge is 0.125 e. The molecule has 1 atom stereocenters. The minimum Gasteiger partial charge on any atom is -0.324 e. The Kier molecular flexibility index (Phi) is 5.04. The van der Waals surface area contributed by atoms with E-state index in [1.165, 1.54) is 12.1 Å². The van der Waals surface area contributed by atoms with Gasteiger partial charge in [-0.15, -0.1) is 12.4 Å². The lowest BCUT2D eigenvalue weighted by molar-refractivity contribution is 0.326. The van der Waals surface area contributed by atoms with Crippen molar-refractivity contribution < 1.29 is 4.39 Å². The highest BCUT2D eigenvalue weighted by Gasteiger charge is 2.22. The third-order valence-electron chi connectivity index (χ3n) is 2.18. The Morgan fingerprint density at radius 3 is 2.20 bits per heavy atom. The van der Waals surface area contributed by atoms with E-state index < -0.39 is 0 Å². The van der Waals surface area contributed by atoms with E-state index in [1.807, 2.05) is 20.8 Å². The summed E-state index contributed by atoms with van der Waals surface area (Å²) in [4.78, 5) is 0. The van der Waals surface area contributed by atoms with Gasteiger partial charge >= 0.3 is 0 Å². The Bertz CT molecular complexity index is 314. The highest BCUT2D eigenvalue weighted by atomic mass is 35.5. The largest absolute Gasteiger partial charge is 0.324 e. The van der Waals surface area contributed by atoms with Gasteiger partial charge in [0.1, 0.15) is 5.82 Å². The molecule has 0 saturated heterocycles. The van der Waals surface area contributed by atoms with E-state index in [-0.39, 0.29) is 29.7 Å². The Morgan fingerprint density at radius 1 is 1.27 bits per heavy atom. The summed E-state index contributed by atoms with van der Waals surface area (Å²) in [6, 6.07) is 4.21. The fourth-order valence-corrected chi connectivity index (χ4v) is 1.48. The second-order valence-electron chi connectivity index (χ2n) is 4.55. The van der Waals surface area contributed by atoms with Crippen LogP contribution in [0.4, 0.5) is 4.39 Å². The Balaban J connectivity index is 0.00000196. The van der Waals surface area contributed by atoms with E-state index in [2.05, 4.69) is 0 Å². The third kappa shape index (κ3) is 3.98. The van der Waals surface area contributed by atoms with Crippen molar-refractivity contribution in [1.82, 2.24) is 0 Å². The van der Waals surface area contributed by atoms with E-state index in [0.29, 0.717) is 5.02 Å². The number of rotatable bonds is 1. The van der Waals surface area contributed by atoms with Gasteiger partial charge in [-0.25, -0.2) is 4.39 Å². The molecule has 1 rings (SSSR count). The average Bonchev–Trinajstić information content (AvgIpc) is 1.99. The van der Waals surface area contributed by atoms with Crippen LogP contribution in [-0.2, 0) is 0 Å². The minimum absolute atomic E-state index is 0. The van der Waals surface area contributed by atoms with Crippen LogP contribution in [0.25, 0.3) is 0 Å². The number of hydrogen-bond acceptors (Lipinski definition) is 1. The highest BCUT2D eigenvalue weighted by molar-refractivity contribution is 6.30. The second kappa shape index (κ2) is 5.15. The molecule has 0 aromatic heterocycles. The maximum Gasteiger partial charge on any atom is 0.125 e. The van der Waals surface area contributed by atoms with E-state index in [9.17, 15) is 4.39 Å². The maximum atomic E-state index is 13.0. The summed E-state index contributed by atoms with van der Waals surface area (Å²) in [5, 5.41) is 0.389. The SMILES string of the molecule is CC(C)(C)[C@H](N)c1cc(F)cc(Cl)c1.Cl. The summed E-state index contributed by atoms with van der Waals surface area (Å²) in [6.45, 7) is 6.03. The van der Waals surface area contributed by atoms with Crippen molar-refractivity contribution in [2.24, 2.45) is 11.1 Å². The van der Waals surface area contributed by atoms with Crippen LogP contribution in [-0.4, -0.2) is 0 Å². The van der Waals surface area contributed by atoms with Gasteiger partial charge in [-0.2, -0.15) is 0 Å². The summed E-state index contributed by atoms with van der Waals surface area (Å²) < 4.78 is 13.0. The molecule has 4 heteroatoms. The quantitative estimate of drug-likeness (QED) is 0.804. The first-order valence-corrected chi connectivity index (χ1v) is 4.90. The second-order valence-corrected chi connectivity index (χ2v) is 4.98. The first-order valence-electron chi connectivity index (χ1n) is 4.52. The van der Waals surface area contributed by atoms with Crippen LogP contribution in [0.2, 0.25) is 5.02 Å². The van der Waals surface area contributed by atoms with Crippen LogP contribution in [0.5, 0.6) is 0 Å². The Morgan fingerprint density at radius 2 is 1.80 bits per heavy atom. The molecule has 1 nitrogen and oxygen atoms in total. The molecule has 1 aromatic rings. The number of benzene rings is 1. The van der Waals surface area contributed by atoms with Crippen molar-refractivity contribution in [1.29, 1.82) is 0 Å². The van der Waals surface area contributed by atoms with E-state index in [0.717, 1.165) is 5.56 Å². The predicted octanol–water partition coefficient (Wildman–Crippen LogP) is 3.95. The molecule has 0 amide bonds. The molecule has 0 aliphatic heterocycles. The summed E-state index contributed by atoms with van der Waals surface area (Å²) in [6.07, 6.45) is 0. The van der Waals surface area contributed by atoms with Crippen molar-refractivity contribution >= 4 is 24.0 Å².